The van der Waals surface area contributed by atoms with Crippen molar-refractivity contribution in [2.75, 3.05) is 33.2 Å². The quantitative estimate of drug-likeness (QED) is 0.538. The molecule has 1 aliphatic heterocycles. The Labute approximate surface area is 164 Å². The number of piperazine rings is 1. The monoisotopic (exact) mass is 379 g/mol. The van der Waals surface area contributed by atoms with Gasteiger partial charge in [-0.15, -0.1) is 0 Å². The van der Waals surface area contributed by atoms with Gasteiger partial charge in [-0.25, -0.2) is 4.98 Å². The summed E-state index contributed by atoms with van der Waals surface area (Å²) in [7, 11) is 1.84. The van der Waals surface area contributed by atoms with Crippen LogP contribution in [0.25, 0.3) is 5.69 Å². The van der Waals surface area contributed by atoms with E-state index in [0.717, 1.165) is 50.1 Å². The molecule has 2 aromatic heterocycles. The molecule has 4 rings (SSSR count). The third-order valence-corrected chi connectivity index (χ3v) is 4.97. The average Bonchev–Trinajstić information content (AvgIpc) is 3.44. The SMILES string of the molecule is CN=C(NCc1ccccc1-n1ccnc1)N1CCN(Cc2ccon2)CC1. The van der Waals surface area contributed by atoms with Crippen LogP contribution >= 0.6 is 0 Å². The molecule has 1 saturated heterocycles. The summed E-state index contributed by atoms with van der Waals surface area (Å²) in [6, 6.07) is 10.3. The molecule has 1 N–H and O–H groups in total. The predicted octanol–water partition coefficient (Wildman–Crippen LogP) is 1.75. The predicted molar refractivity (Wildman–Crippen MR) is 107 cm³/mol. The molecule has 1 aromatic carbocycles. The van der Waals surface area contributed by atoms with E-state index < -0.39 is 0 Å². The highest BCUT2D eigenvalue weighted by Crippen LogP contribution is 2.14. The number of aromatic nitrogens is 3. The number of nitrogens with one attached hydrogen (secondary N) is 1. The van der Waals surface area contributed by atoms with Crippen molar-refractivity contribution in [2.45, 2.75) is 13.1 Å². The summed E-state index contributed by atoms with van der Waals surface area (Å²) in [6.45, 7) is 5.34. The molecule has 8 nitrogen and oxygen atoms in total. The zero-order valence-corrected chi connectivity index (χ0v) is 16.0. The zero-order valence-electron chi connectivity index (χ0n) is 16.0. The number of para-hydroxylation sites is 1. The number of hydrogen-bond acceptors (Lipinski definition) is 5. The van der Waals surface area contributed by atoms with E-state index in [4.69, 9.17) is 4.52 Å². The van der Waals surface area contributed by atoms with Crippen molar-refractivity contribution in [3.05, 3.63) is 66.6 Å². The maximum absolute atomic E-state index is 4.92. The molecule has 8 heteroatoms. The summed E-state index contributed by atoms with van der Waals surface area (Å²) in [5, 5.41) is 7.51. The van der Waals surface area contributed by atoms with Crippen LogP contribution in [-0.4, -0.2) is 63.7 Å². The molecule has 0 bridgehead atoms. The maximum atomic E-state index is 4.92. The Morgan fingerprint density at radius 2 is 2.04 bits per heavy atom. The average molecular weight is 379 g/mol. The fraction of sp³-hybridized carbons (Fsp3) is 0.350. The third-order valence-electron chi connectivity index (χ3n) is 4.97. The summed E-state index contributed by atoms with van der Waals surface area (Å²) in [4.78, 5) is 13.3. The first-order valence-corrected chi connectivity index (χ1v) is 9.47. The van der Waals surface area contributed by atoms with Crippen LogP contribution in [0, 0.1) is 0 Å². The summed E-state index contributed by atoms with van der Waals surface area (Å²) < 4.78 is 6.95. The van der Waals surface area contributed by atoms with Crippen LogP contribution in [-0.2, 0) is 13.1 Å². The lowest BCUT2D eigenvalue weighted by molar-refractivity contribution is 0.169. The summed E-state index contributed by atoms with van der Waals surface area (Å²) in [5.41, 5.74) is 3.30. The molecule has 0 spiro atoms. The molecule has 0 saturated carbocycles. The first-order valence-electron chi connectivity index (χ1n) is 9.47. The van der Waals surface area contributed by atoms with Gasteiger partial charge in [-0.3, -0.25) is 9.89 Å². The van der Waals surface area contributed by atoms with Crippen LogP contribution < -0.4 is 5.32 Å². The molecule has 28 heavy (non-hydrogen) atoms. The van der Waals surface area contributed by atoms with Gasteiger partial charge in [-0.1, -0.05) is 23.4 Å². The number of aliphatic imine (C=N–C) groups is 1. The van der Waals surface area contributed by atoms with E-state index in [1.165, 1.54) is 5.56 Å². The highest BCUT2D eigenvalue weighted by molar-refractivity contribution is 5.80. The van der Waals surface area contributed by atoms with Crippen molar-refractivity contribution >= 4 is 5.96 Å². The van der Waals surface area contributed by atoms with Crippen LogP contribution in [0.4, 0.5) is 0 Å². The Balaban J connectivity index is 1.34. The zero-order chi connectivity index (χ0) is 19.2. The van der Waals surface area contributed by atoms with Crippen molar-refractivity contribution in [3.63, 3.8) is 0 Å². The second kappa shape index (κ2) is 8.71. The smallest absolute Gasteiger partial charge is 0.194 e. The Morgan fingerprint density at radius 1 is 1.18 bits per heavy atom. The molecular formula is C20H25N7O. The molecule has 146 valence electrons. The van der Waals surface area contributed by atoms with E-state index in [2.05, 4.69) is 48.4 Å². The Kier molecular flexibility index (Phi) is 5.67. The van der Waals surface area contributed by atoms with Crippen molar-refractivity contribution in [1.82, 2.24) is 29.8 Å². The number of nitrogens with zero attached hydrogens (tertiary/aromatic N) is 6. The minimum atomic E-state index is 0.709. The molecule has 0 amide bonds. The highest BCUT2D eigenvalue weighted by Gasteiger charge is 2.20. The van der Waals surface area contributed by atoms with Gasteiger partial charge in [0.05, 0.1) is 17.7 Å². The second-order valence-corrected chi connectivity index (χ2v) is 6.75. The lowest BCUT2D eigenvalue weighted by Crippen LogP contribution is -2.52. The maximum Gasteiger partial charge on any atom is 0.194 e. The first kappa shape index (κ1) is 18.2. The van der Waals surface area contributed by atoms with Crippen molar-refractivity contribution in [2.24, 2.45) is 4.99 Å². The molecule has 3 aromatic rings. The normalized spacial score (nSPS) is 15.8. The van der Waals surface area contributed by atoms with Gasteiger partial charge in [-0.2, -0.15) is 0 Å². The van der Waals surface area contributed by atoms with Crippen LogP contribution in [0.3, 0.4) is 0 Å². The van der Waals surface area contributed by atoms with Gasteiger partial charge in [0.2, 0.25) is 0 Å². The van der Waals surface area contributed by atoms with E-state index in [1.807, 2.05) is 36.3 Å². The largest absolute Gasteiger partial charge is 0.364 e. The van der Waals surface area contributed by atoms with Crippen molar-refractivity contribution < 1.29 is 4.52 Å². The van der Waals surface area contributed by atoms with Crippen LogP contribution in [0.15, 0.2) is 64.8 Å². The molecule has 1 fully saturated rings. The summed E-state index contributed by atoms with van der Waals surface area (Å²) >= 11 is 0. The van der Waals surface area contributed by atoms with E-state index in [-0.39, 0.29) is 0 Å². The molecule has 0 unspecified atom stereocenters. The Morgan fingerprint density at radius 3 is 2.75 bits per heavy atom. The molecule has 0 aliphatic carbocycles. The fourth-order valence-corrected chi connectivity index (χ4v) is 3.49. The second-order valence-electron chi connectivity index (χ2n) is 6.75. The van der Waals surface area contributed by atoms with Crippen molar-refractivity contribution in [1.29, 1.82) is 0 Å². The molecular weight excluding hydrogens is 354 g/mol. The number of guanidine groups is 1. The highest BCUT2D eigenvalue weighted by atomic mass is 16.5. The number of benzene rings is 1. The molecule has 3 heterocycles. The number of rotatable bonds is 5. The van der Waals surface area contributed by atoms with E-state index >= 15 is 0 Å². The molecule has 1 aliphatic rings. The van der Waals surface area contributed by atoms with E-state index in [1.54, 1.807) is 12.5 Å². The van der Waals surface area contributed by atoms with Gasteiger partial charge in [0, 0.05) is 64.8 Å². The first-order chi connectivity index (χ1) is 13.8. The minimum absolute atomic E-state index is 0.709. The summed E-state index contributed by atoms with van der Waals surface area (Å²) in [5.74, 6) is 0.932. The topological polar surface area (TPSA) is 74.7 Å². The molecule has 0 atom stereocenters. The fourth-order valence-electron chi connectivity index (χ4n) is 3.49. The van der Waals surface area contributed by atoms with Gasteiger partial charge < -0.3 is 19.3 Å². The van der Waals surface area contributed by atoms with E-state index in [0.29, 0.717) is 6.54 Å². The van der Waals surface area contributed by atoms with Gasteiger partial charge >= 0.3 is 0 Å². The van der Waals surface area contributed by atoms with Gasteiger partial charge in [0.25, 0.3) is 0 Å². The van der Waals surface area contributed by atoms with Crippen LogP contribution in [0.1, 0.15) is 11.3 Å². The van der Waals surface area contributed by atoms with Gasteiger partial charge in [0.1, 0.15) is 6.26 Å². The lowest BCUT2D eigenvalue weighted by atomic mass is 10.1. The van der Waals surface area contributed by atoms with Gasteiger partial charge in [0.15, 0.2) is 5.96 Å². The lowest BCUT2D eigenvalue weighted by Gasteiger charge is -2.36. The number of hydrogen-bond donors (Lipinski definition) is 1. The third kappa shape index (κ3) is 4.23. The number of imidazole rings is 1. The molecule has 0 radical (unpaired) electrons. The Bertz CT molecular complexity index is 881. The van der Waals surface area contributed by atoms with Gasteiger partial charge in [-0.05, 0) is 11.6 Å². The standard InChI is InChI=1S/C20H25N7O/c1-21-20(26-11-9-25(10-12-26)15-18-6-13-28-24-18)23-14-17-4-2-3-5-19(17)27-8-7-22-16-27/h2-8,13,16H,9-12,14-15H2,1H3,(H,21,23). The summed E-state index contributed by atoms with van der Waals surface area (Å²) in [6.07, 6.45) is 7.20. The van der Waals surface area contributed by atoms with Crippen LogP contribution in [0.5, 0.6) is 0 Å². The van der Waals surface area contributed by atoms with Crippen LogP contribution in [0.2, 0.25) is 0 Å². The van der Waals surface area contributed by atoms with E-state index in [9.17, 15) is 0 Å². The Hall–Kier alpha value is -3.13. The minimum Gasteiger partial charge on any atom is -0.364 e. The van der Waals surface area contributed by atoms with Crippen molar-refractivity contribution in [3.8, 4) is 5.69 Å².